The van der Waals surface area contributed by atoms with Crippen molar-refractivity contribution in [2.24, 2.45) is 0 Å². The maximum absolute atomic E-state index is 13.5. The summed E-state index contributed by atoms with van der Waals surface area (Å²) < 4.78 is 0. The summed E-state index contributed by atoms with van der Waals surface area (Å²) in [7, 11) is 0. The lowest BCUT2D eigenvalue weighted by Gasteiger charge is -2.24. The highest BCUT2D eigenvalue weighted by molar-refractivity contribution is 8.06. The van der Waals surface area contributed by atoms with Crippen LogP contribution in [0.5, 0.6) is 0 Å². The fraction of sp³-hybridized carbons (Fsp3) is 0. The minimum Gasteiger partial charge on any atom is -0.360 e. The monoisotopic (exact) mass is 419 g/mol. The van der Waals surface area contributed by atoms with Gasteiger partial charge in [-0.05, 0) is 23.8 Å². The van der Waals surface area contributed by atoms with Crippen molar-refractivity contribution in [3.8, 4) is 6.07 Å². The quantitative estimate of drug-likeness (QED) is 0.238. The number of allylic oxidation sites excluding steroid dienone is 1. The van der Waals surface area contributed by atoms with Gasteiger partial charge in [-0.3, -0.25) is 4.79 Å². The molecular weight excluding hydrogens is 402 g/mol. The number of carbonyl (C=O) groups is 1. The van der Waals surface area contributed by atoms with Crippen LogP contribution in [-0.2, 0) is 0 Å². The third-order valence-electron chi connectivity index (χ3n) is 5.20. The maximum atomic E-state index is 13.5. The molecule has 4 nitrogen and oxygen atoms in total. The minimum atomic E-state index is -0.286. The largest absolute Gasteiger partial charge is 0.360 e. The molecule has 0 spiro atoms. The van der Waals surface area contributed by atoms with Gasteiger partial charge in [-0.15, -0.1) is 0 Å². The molecule has 0 aliphatic carbocycles. The van der Waals surface area contributed by atoms with Crippen LogP contribution >= 0.6 is 11.8 Å². The summed E-state index contributed by atoms with van der Waals surface area (Å²) >= 11 is 1.40. The van der Waals surface area contributed by atoms with Crippen LogP contribution in [0.1, 0.15) is 15.9 Å². The Morgan fingerprint density at radius 2 is 1.58 bits per heavy atom. The number of nitrogens with one attached hydrogen (secondary N) is 1. The summed E-state index contributed by atoms with van der Waals surface area (Å²) in [6.45, 7) is 0. The molecule has 5 heteroatoms. The first kappa shape index (κ1) is 19.0. The molecule has 1 N–H and O–H groups in total. The highest BCUT2D eigenvalue weighted by Gasteiger charge is 2.30. The van der Waals surface area contributed by atoms with Crippen molar-refractivity contribution >= 4 is 39.8 Å². The Labute approximate surface area is 184 Å². The van der Waals surface area contributed by atoms with Crippen molar-refractivity contribution < 1.29 is 4.79 Å². The normalized spacial score (nSPS) is 14.9. The molecule has 1 aliphatic rings. The van der Waals surface area contributed by atoms with Crippen molar-refractivity contribution in [2.75, 3.05) is 4.90 Å². The van der Waals surface area contributed by atoms with Gasteiger partial charge in [0.2, 0.25) is 5.78 Å². The van der Waals surface area contributed by atoms with E-state index in [4.69, 9.17) is 0 Å². The molecule has 1 aliphatic heterocycles. The summed E-state index contributed by atoms with van der Waals surface area (Å²) in [6.07, 6.45) is 1.68. The SMILES string of the molecule is N#C/C(C(=O)c1c[nH]c2ccccc12)=C1\SC=C(c2ccccc2)N1c1ccccc1. The van der Waals surface area contributed by atoms with Crippen LogP contribution < -0.4 is 4.90 Å². The molecule has 5 rings (SSSR count). The van der Waals surface area contributed by atoms with Gasteiger partial charge in [0.25, 0.3) is 0 Å². The van der Waals surface area contributed by atoms with Crippen molar-refractivity contribution in [1.82, 2.24) is 4.98 Å². The number of thioether (sulfide) groups is 1. The highest BCUT2D eigenvalue weighted by atomic mass is 32.2. The lowest BCUT2D eigenvalue weighted by atomic mass is 10.0. The van der Waals surface area contributed by atoms with E-state index in [-0.39, 0.29) is 11.4 Å². The predicted molar refractivity (Wildman–Crippen MR) is 126 cm³/mol. The van der Waals surface area contributed by atoms with Gasteiger partial charge in [-0.2, -0.15) is 5.26 Å². The van der Waals surface area contributed by atoms with Gasteiger partial charge >= 0.3 is 0 Å². The van der Waals surface area contributed by atoms with Gasteiger partial charge in [0.1, 0.15) is 16.7 Å². The third-order valence-corrected chi connectivity index (χ3v) is 6.15. The van der Waals surface area contributed by atoms with Gasteiger partial charge in [0.05, 0.1) is 5.70 Å². The molecule has 0 saturated heterocycles. The van der Waals surface area contributed by atoms with Crippen molar-refractivity contribution in [1.29, 1.82) is 5.26 Å². The number of fused-ring (bicyclic) bond motifs is 1. The number of benzene rings is 3. The number of ketones is 1. The average Bonchev–Trinajstić information content (AvgIpc) is 3.45. The molecule has 3 aromatic carbocycles. The maximum Gasteiger partial charge on any atom is 0.208 e. The van der Waals surface area contributed by atoms with Crippen molar-refractivity contribution in [3.05, 3.63) is 118 Å². The molecule has 2 heterocycles. The van der Waals surface area contributed by atoms with Crippen LogP contribution in [0.3, 0.4) is 0 Å². The van der Waals surface area contributed by atoms with E-state index in [0.717, 1.165) is 27.9 Å². The van der Waals surface area contributed by atoms with E-state index in [1.807, 2.05) is 95.2 Å². The number of aromatic amines is 1. The minimum absolute atomic E-state index is 0.126. The van der Waals surface area contributed by atoms with Crippen LogP contribution in [-0.4, -0.2) is 10.8 Å². The Kier molecular flexibility index (Phi) is 4.91. The van der Waals surface area contributed by atoms with Crippen LogP contribution in [0.15, 0.2) is 107 Å². The fourth-order valence-corrected chi connectivity index (χ4v) is 4.76. The summed E-state index contributed by atoms with van der Waals surface area (Å²) in [5, 5.41) is 13.5. The van der Waals surface area contributed by atoms with Gasteiger partial charge < -0.3 is 9.88 Å². The summed E-state index contributed by atoms with van der Waals surface area (Å²) in [6, 6.07) is 29.6. The molecule has 0 bridgehead atoms. The number of H-pyrrole nitrogens is 1. The van der Waals surface area contributed by atoms with E-state index in [1.165, 1.54) is 11.8 Å². The Bertz CT molecular complexity index is 1380. The number of para-hydroxylation sites is 2. The van der Waals surface area contributed by atoms with E-state index in [0.29, 0.717) is 10.6 Å². The molecule has 0 atom stereocenters. The number of aromatic nitrogens is 1. The molecule has 31 heavy (non-hydrogen) atoms. The zero-order valence-corrected chi connectivity index (χ0v) is 17.3. The van der Waals surface area contributed by atoms with Crippen LogP contribution in [0.25, 0.3) is 16.6 Å². The van der Waals surface area contributed by atoms with E-state index in [2.05, 4.69) is 11.1 Å². The molecule has 4 aromatic rings. The van der Waals surface area contributed by atoms with E-state index >= 15 is 0 Å². The molecular formula is C26H17N3OS. The Hall–Kier alpha value is -4.01. The zero-order valence-electron chi connectivity index (χ0n) is 16.4. The number of rotatable bonds is 4. The highest BCUT2D eigenvalue weighted by Crippen LogP contribution is 2.44. The van der Waals surface area contributed by atoms with E-state index in [1.54, 1.807) is 6.20 Å². The number of nitrogens with zero attached hydrogens (tertiary/aromatic N) is 2. The molecule has 0 unspecified atom stereocenters. The van der Waals surface area contributed by atoms with Crippen molar-refractivity contribution in [2.45, 2.75) is 0 Å². The van der Waals surface area contributed by atoms with Crippen LogP contribution in [0.2, 0.25) is 0 Å². The summed E-state index contributed by atoms with van der Waals surface area (Å²) in [5.74, 6) is -0.286. The average molecular weight is 420 g/mol. The number of Topliss-reactive ketones (excluding diaryl/α,β-unsaturated/α-hetero) is 1. The summed E-state index contributed by atoms with van der Waals surface area (Å²) in [4.78, 5) is 18.6. The lowest BCUT2D eigenvalue weighted by molar-refractivity contribution is 0.104. The fourth-order valence-electron chi connectivity index (χ4n) is 3.73. The first-order valence-electron chi connectivity index (χ1n) is 9.80. The second-order valence-corrected chi connectivity index (χ2v) is 7.89. The molecule has 0 radical (unpaired) electrons. The Balaban J connectivity index is 1.66. The number of hydrogen-bond acceptors (Lipinski definition) is 4. The molecule has 1 aromatic heterocycles. The molecule has 0 fully saturated rings. The first-order valence-corrected chi connectivity index (χ1v) is 10.7. The van der Waals surface area contributed by atoms with Gasteiger partial charge in [0, 0.05) is 33.8 Å². The number of hydrogen-bond donors (Lipinski definition) is 1. The number of nitriles is 1. The Morgan fingerprint density at radius 1 is 0.903 bits per heavy atom. The molecule has 0 saturated carbocycles. The van der Waals surface area contributed by atoms with E-state index in [9.17, 15) is 10.1 Å². The van der Waals surface area contributed by atoms with E-state index < -0.39 is 0 Å². The second kappa shape index (κ2) is 8.02. The smallest absolute Gasteiger partial charge is 0.208 e. The Morgan fingerprint density at radius 3 is 2.32 bits per heavy atom. The molecule has 0 amide bonds. The van der Waals surface area contributed by atoms with Crippen LogP contribution in [0.4, 0.5) is 5.69 Å². The van der Waals surface area contributed by atoms with Crippen molar-refractivity contribution in [3.63, 3.8) is 0 Å². The third kappa shape index (κ3) is 3.33. The molecule has 148 valence electrons. The van der Waals surface area contributed by atoms with Gasteiger partial charge in [-0.25, -0.2) is 0 Å². The second-order valence-electron chi connectivity index (χ2n) is 7.03. The zero-order chi connectivity index (χ0) is 21.2. The van der Waals surface area contributed by atoms with Gasteiger partial charge in [-0.1, -0.05) is 78.5 Å². The van der Waals surface area contributed by atoms with Gasteiger partial charge in [0.15, 0.2) is 0 Å². The standard InChI is InChI=1S/C26H17N3OS/c27-15-21(25(30)22-16-28-23-14-8-7-13-20(22)23)26-29(19-11-5-2-6-12-19)24(17-31-26)18-9-3-1-4-10-18/h1-14,16-17,28H/b26-21+. The topological polar surface area (TPSA) is 59.9 Å². The first-order chi connectivity index (χ1) is 15.3. The lowest BCUT2D eigenvalue weighted by Crippen LogP contribution is -2.19. The predicted octanol–water partition coefficient (Wildman–Crippen LogP) is 6.34. The number of carbonyl (C=O) groups excluding carboxylic acids is 1. The summed E-state index contributed by atoms with van der Waals surface area (Å²) in [5.41, 5.74) is 4.35. The van der Waals surface area contributed by atoms with Crippen LogP contribution in [0, 0.1) is 11.3 Å². The number of anilines is 1.